The molecular weight excluding hydrogens is 168 g/mol. The molecule has 1 N–H and O–H groups in total. The maximum Gasteiger partial charge on any atom is 0.383 e. The van der Waals surface area contributed by atoms with Gasteiger partial charge in [0.15, 0.2) is 6.10 Å². The van der Waals surface area contributed by atoms with Crippen molar-refractivity contribution in [1.82, 2.24) is 0 Å². The van der Waals surface area contributed by atoms with Crippen LogP contribution >= 0.6 is 0 Å². The predicted octanol–water partition coefficient (Wildman–Crippen LogP) is 2.06. The first-order chi connectivity index (χ1) is 6.18. The molecule has 0 spiro atoms. The van der Waals surface area contributed by atoms with E-state index in [9.17, 15) is 9.90 Å². The maximum atomic E-state index is 10.1. The molecule has 0 aromatic carbocycles. The lowest BCUT2D eigenvalue weighted by Crippen LogP contribution is -2.17. The van der Waals surface area contributed by atoms with E-state index < -0.39 is 12.1 Å². The third-order valence-corrected chi connectivity index (χ3v) is 2.10. The Balaban J connectivity index is 3.11. The van der Waals surface area contributed by atoms with Gasteiger partial charge in [-0.15, -0.1) is 0 Å². The molecule has 77 valence electrons. The van der Waals surface area contributed by atoms with Crippen LogP contribution in [0.2, 0.25) is 0 Å². The summed E-state index contributed by atoms with van der Waals surface area (Å²) in [6, 6.07) is 0. The fourth-order valence-electron chi connectivity index (χ4n) is 1.24. The van der Waals surface area contributed by atoms with E-state index in [0.29, 0.717) is 6.42 Å². The van der Waals surface area contributed by atoms with E-state index in [1.165, 1.54) is 19.3 Å². The van der Waals surface area contributed by atoms with Gasteiger partial charge >= 0.3 is 5.97 Å². The summed E-state index contributed by atoms with van der Waals surface area (Å²) in [6.45, 7) is 2.15. The van der Waals surface area contributed by atoms with Crippen LogP contribution in [-0.2, 0) is 9.90 Å². The largest absolute Gasteiger partial charge is 0.383 e. The van der Waals surface area contributed by atoms with Crippen LogP contribution in [0.3, 0.4) is 0 Å². The topological polar surface area (TPSA) is 57.2 Å². The van der Waals surface area contributed by atoms with Crippen molar-refractivity contribution in [2.75, 3.05) is 0 Å². The molecule has 0 amide bonds. The molecule has 3 nitrogen and oxygen atoms in total. The molecule has 0 aromatic rings. The minimum Gasteiger partial charge on any atom is -0.381 e. The number of hydrogen-bond acceptors (Lipinski definition) is 2. The van der Waals surface area contributed by atoms with Crippen LogP contribution in [0.25, 0.3) is 0 Å². The zero-order valence-corrected chi connectivity index (χ0v) is 8.29. The van der Waals surface area contributed by atoms with Gasteiger partial charge in [0.05, 0.1) is 0 Å². The van der Waals surface area contributed by atoms with Gasteiger partial charge in [-0.05, 0) is 6.42 Å². The number of carbonyl (C=O) groups is 1. The van der Waals surface area contributed by atoms with Crippen LogP contribution in [0, 0.1) is 0 Å². The van der Waals surface area contributed by atoms with Crippen LogP contribution in [0.1, 0.15) is 51.9 Å². The number of carbonyl (C=O) groups excluding carboxylic acids is 1. The lowest BCUT2D eigenvalue weighted by atomic mass is 10.1. The maximum absolute atomic E-state index is 10.1. The zero-order valence-electron chi connectivity index (χ0n) is 8.29. The highest BCUT2D eigenvalue weighted by atomic mass is 16.4. The number of rotatable bonds is 8. The van der Waals surface area contributed by atoms with Gasteiger partial charge in [-0.2, -0.15) is 0 Å². The van der Waals surface area contributed by atoms with Crippen molar-refractivity contribution < 1.29 is 15.0 Å². The van der Waals surface area contributed by atoms with Gasteiger partial charge in [0.1, 0.15) is 0 Å². The molecule has 0 aliphatic carbocycles. The first kappa shape index (κ1) is 12.4. The molecule has 1 radical (unpaired) electrons. The summed E-state index contributed by atoms with van der Waals surface area (Å²) < 4.78 is 0. The van der Waals surface area contributed by atoms with Crippen molar-refractivity contribution >= 4 is 5.97 Å². The standard InChI is InChI=1S/C10H19O3/c1-2-3-4-5-6-7-8-9(11)10(12)13/h9,11H,2-8H2,1H3. The van der Waals surface area contributed by atoms with Crippen LogP contribution < -0.4 is 0 Å². The molecule has 1 atom stereocenters. The molecular formula is C10H19O3. The van der Waals surface area contributed by atoms with Crippen LogP contribution in [-0.4, -0.2) is 17.2 Å². The van der Waals surface area contributed by atoms with Crippen LogP contribution in [0.5, 0.6) is 0 Å². The second-order valence-corrected chi connectivity index (χ2v) is 3.39. The Labute approximate surface area is 79.8 Å². The van der Waals surface area contributed by atoms with Crippen molar-refractivity contribution in [1.29, 1.82) is 0 Å². The Kier molecular flexibility index (Phi) is 7.69. The van der Waals surface area contributed by atoms with Gasteiger partial charge in [-0.25, -0.2) is 9.90 Å². The molecule has 3 heteroatoms. The highest BCUT2D eigenvalue weighted by Gasteiger charge is 2.13. The summed E-state index contributed by atoms with van der Waals surface area (Å²) in [5.74, 6) is -1.35. The molecule has 0 saturated carbocycles. The smallest absolute Gasteiger partial charge is 0.381 e. The zero-order chi connectivity index (χ0) is 10.1. The molecule has 0 saturated heterocycles. The molecule has 0 bridgehead atoms. The van der Waals surface area contributed by atoms with Gasteiger partial charge in [-0.3, -0.25) is 0 Å². The van der Waals surface area contributed by atoms with Crippen molar-refractivity contribution in [3.63, 3.8) is 0 Å². The van der Waals surface area contributed by atoms with Crippen LogP contribution in [0.4, 0.5) is 0 Å². The summed E-state index contributed by atoms with van der Waals surface area (Å²) in [6.07, 6.45) is 5.62. The Morgan fingerprint density at radius 3 is 2.23 bits per heavy atom. The third kappa shape index (κ3) is 7.78. The molecule has 0 fully saturated rings. The van der Waals surface area contributed by atoms with Crippen molar-refractivity contribution in [2.45, 2.75) is 58.0 Å². The van der Waals surface area contributed by atoms with Gasteiger partial charge in [0.2, 0.25) is 0 Å². The predicted molar refractivity (Wildman–Crippen MR) is 49.7 cm³/mol. The SMILES string of the molecule is CCCCCCCCC(O)C([O])=O. The summed E-state index contributed by atoms with van der Waals surface area (Å²) in [5, 5.41) is 19.0. The normalized spacial score (nSPS) is 12.8. The molecule has 0 heterocycles. The van der Waals surface area contributed by atoms with E-state index in [0.717, 1.165) is 19.3 Å². The lowest BCUT2D eigenvalue weighted by molar-refractivity contribution is -0.153. The second kappa shape index (κ2) is 8.05. The van der Waals surface area contributed by atoms with Gasteiger partial charge < -0.3 is 5.11 Å². The third-order valence-electron chi connectivity index (χ3n) is 2.10. The fourth-order valence-corrected chi connectivity index (χ4v) is 1.24. The molecule has 1 unspecified atom stereocenters. The average molecular weight is 187 g/mol. The van der Waals surface area contributed by atoms with E-state index in [1.807, 2.05) is 0 Å². The molecule has 0 aliphatic heterocycles. The monoisotopic (exact) mass is 187 g/mol. The Morgan fingerprint density at radius 2 is 1.69 bits per heavy atom. The van der Waals surface area contributed by atoms with Crippen molar-refractivity contribution in [3.05, 3.63) is 0 Å². The Morgan fingerprint density at radius 1 is 1.15 bits per heavy atom. The van der Waals surface area contributed by atoms with E-state index in [4.69, 9.17) is 5.11 Å². The lowest BCUT2D eigenvalue weighted by Gasteiger charge is -2.03. The summed E-state index contributed by atoms with van der Waals surface area (Å²) in [7, 11) is 0. The minimum absolute atomic E-state index is 0.328. The number of aliphatic hydroxyl groups excluding tert-OH is 1. The fraction of sp³-hybridized carbons (Fsp3) is 0.900. The Hall–Kier alpha value is -0.570. The minimum atomic E-state index is -1.35. The summed E-state index contributed by atoms with van der Waals surface area (Å²) in [4.78, 5) is 10.1. The number of aliphatic hydroxyl groups is 1. The van der Waals surface area contributed by atoms with E-state index in [-0.39, 0.29) is 0 Å². The molecule has 13 heavy (non-hydrogen) atoms. The number of hydrogen-bond donors (Lipinski definition) is 1. The highest BCUT2D eigenvalue weighted by Crippen LogP contribution is 2.08. The Bertz CT molecular complexity index is 134. The first-order valence-electron chi connectivity index (χ1n) is 5.07. The van der Waals surface area contributed by atoms with E-state index in [2.05, 4.69) is 6.92 Å². The first-order valence-corrected chi connectivity index (χ1v) is 5.07. The second-order valence-electron chi connectivity index (χ2n) is 3.39. The summed E-state index contributed by atoms with van der Waals surface area (Å²) in [5.41, 5.74) is 0. The van der Waals surface area contributed by atoms with Crippen molar-refractivity contribution in [2.24, 2.45) is 0 Å². The van der Waals surface area contributed by atoms with E-state index in [1.54, 1.807) is 0 Å². The number of unbranched alkanes of at least 4 members (excludes halogenated alkanes) is 5. The van der Waals surface area contributed by atoms with Crippen LogP contribution in [0.15, 0.2) is 0 Å². The van der Waals surface area contributed by atoms with Gasteiger partial charge in [0.25, 0.3) is 0 Å². The molecule has 0 rings (SSSR count). The molecule has 0 aliphatic rings. The van der Waals surface area contributed by atoms with Gasteiger partial charge in [0, 0.05) is 0 Å². The molecule has 0 aromatic heterocycles. The van der Waals surface area contributed by atoms with E-state index >= 15 is 0 Å². The highest BCUT2D eigenvalue weighted by molar-refractivity contribution is 5.71. The summed E-state index contributed by atoms with van der Waals surface area (Å²) >= 11 is 0. The quantitative estimate of drug-likeness (QED) is 0.591. The van der Waals surface area contributed by atoms with Gasteiger partial charge in [-0.1, -0.05) is 45.4 Å². The van der Waals surface area contributed by atoms with Crippen molar-refractivity contribution in [3.8, 4) is 0 Å². The average Bonchev–Trinajstić information content (AvgIpc) is 2.10.